The van der Waals surface area contributed by atoms with E-state index in [-0.39, 0.29) is 5.91 Å². The minimum atomic E-state index is -0.781. The van der Waals surface area contributed by atoms with E-state index >= 15 is 0 Å². The predicted molar refractivity (Wildman–Crippen MR) is 103 cm³/mol. The molecule has 0 spiro atoms. The first kappa shape index (κ1) is 20.0. The fourth-order valence-corrected chi connectivity index (χ4v) is 2.44. The molecule has 142 valence electrons. The van der Waals surface area contributed by atoms with E-state index in [0.717, 1.165) is 22.6 Å². The van der Waals surface area contributed by atoms with Gasteiger partial charge >= 0.3 is 5.97 Å². The molecule has 0 aromatic heterocycles. The van der Waals surface area contributed by atoms with Crippen LogP contribution in [0.15, 0.2) is 54.6 Å². The molecular formula is C21H23NO5. The number of carbonyl (C=O) groups is 2. The summed E-state index contributed by atoms with van der Waals surface area (Å²) in [5, 5.41) is 2.68. The molecule has 27 heavy (non-hydrogen) atoms. The Morgan fingerprint density at radius 2 is 1.48 bits per heavy atom. The molecule has 1 N–H and O–H groups in total. The largest absolute Gasteiger partial charge is 0.497 e. The third-order valence-corrected chi connectivity index (χ3v) is 3.94. The summed E-state index contributed by atoms with van der Waals surface area (Å²) in [6.45, 7) is 0. The van der Waals surface area contributed by atoms with Gasteiger partial charge in [0.05, 0.1) is 21.3 Å². The Kier molecular flexibility index (Phi) is 7.43. The summed E-state index contributed by atoms with van der Waals surface area (Å²) in [4.78, 5) is 24.2. The van der Waals surface area contributed by atoms with Gasteiger partial charge in [-0.15, -0.1) is 0 Å². The third-order valence-electron chi connectivity index (χ3n) is 3.94. The maximum absolute atomic E-state index is 12.2. The molecule has 2 aromatic carbocycles. The number of hydrogen-bond donors (Lipinski definition) is 1. The quantitative estimate of drug-likeness (QED) is 0.572. The minimum absolute atomic E-state index is 0.318. The first-order chi connectivity index (χ1) is 13.0. The van der Waals surface area contributed by atoms with Crippen molar-refractivity contribution in [1.29, 1.82) is 0 Å². The van der Waals surface area contributed by atoms with Gasteiger partial charge in [-0.2, -0.15) is 0 Å². The molecule has 6 heteroatoms. The van der Waals surface area contributed by atoms with Gasteiger partial charge in [0.2, 0.25) is 5.91 Å². The van der Waals surface area contributed by atoms with Gasteiger partial charge in [0.15, 0.2) is 0 Å². The topological polar surface area (TPSA) is 73.9 Å². The van der Waals surface area contributed by atoms with Crippen LogP contribution >= 0.6 is 0 Å². The van der Waals surface area contributed by atoms with Gasteiger partial charge in [-0.05, 0) is 41.5 Å². The van der Waals surface area contributed by atoms with E-state index in [9.17, 15) is 9.59 Å². The highest BCUT2D eigenvalue weighted by molar-refractivity contribution is 5.94. The van der Waals surface area contributed by atoms with Crippen LogP contribution in [-0.4, -0.2) is 39.2 Å². The number of carbonyl (C=O) groups excluding carboxylic acids is 2. The molecule has 0 saturated carbocycles. The Balaban J connectivity index is 2.01. The molecule has 0 aliphatic carbocycles. The zero-order valence-corrected chi connectivity index (χ0v) is 15.6. The summed E-state index contributed by atoms with van der Waals surface area (Å²) in [5.41, 5.74) is 1.72. The van der Waals surface area contributed by atoms with E-state index in [1.807, 2.05) is 24.3 Å². The number of methoxy groups -OCH3 is 3. The molecule has 2 rings (SSSR count). The predicted octanol–water partition coefficient (Wildman–Crippen LogP) is 2.62. The lowest BCUT2D eigenvalue weighted by Gasteiger charge is -2.15. The fourth-order valence-electron chi connectivity index (χ4n) is 2.44. The smallest absolute Gasteiger partial charge is 0.328 e. The lowest BCUT2D eigenvalue weighted by Crippen LogP contribution is -2.42. The van der Waals surface area contributed by atoms with Crippen molar-refractivity contribution in [3.8, 4) is 11.5 Å². The third kappa shape index (κ3) is 6.18. The maximum Gasteiger partial charge on any atom is 0.328 e. The monoisotopic (exact) mass is 369 g/mol. The Morgan fingerprint density at radius 1 is 0.926 bits per heavy atom. The number of hydrogen-bond acceptors (Lipinski definition) is 5. The molecule has 0 unspecified atom stereocenters. The maximum atomic E-state index is 12.2. The Morgan fingerprint density at radius 3 is 2.00 bits per heavy atom. The van der Waals surface area contributed by atoms with E-state index in [2.05, 4.69) is 5.32 Å². The first-order valence-corrected chi connectivity index (χ1v) is 8.39. The van der Waals surface area contributed by atoms with Crippen molar-refractivity contribution in [2.45, 2.75) is 12.5 Å². The molecular weight excluding hydrogens is 346 g/mol. The number of nitrogens with one attached hydrogen (secondary N) is 1. The number of amides is 1. The average molecular weight is 369 g/mol. The summed E-state index contributed by atoms with van der Waals surface area (Å²) in [5.74, 6) is 0.577. The second kappa shape index (κ2) is 10.0. The summed E-state index contributed by atoms with van der Waals surface area (Å²) in [6.07, 6.45) is 3.36. The summed E-state index contributed by atoms with van der Waals surface area (Å²) < 4.78 is 15.0. The van der Waals surface area contributed by atoms with Crippen molar-refractivity contribution >= 4 is 18.0 Å². The Bertz CT molecular complexity index is 781. The molecule has 1 atom stereocenters. The summed E-state index contributed by atoms with van der Waals surface area (Å²) in [6, 6.07) is 13.8. The second-order valence-electron chi connectivity index (χ2n) is 5.74. The summed E-state index contributed by atoms with van der Waals surface area (Å²) >= 11 is 0. The van der Waals surface area contributed by atoms with Crippen molar-refractivity contribution in [3.05, 3.63) is 65.7 Å². The lowest BCUT2D eigenvalue weighted by molar-refractivity contribution is -0.144. The zero-order valence-electron chi connectivity index (χ0n) is 15.6. The highest BCUT2D eigenvalue weighted by Crippen LogP contribution is 2.14. The molecule has 1 amide bonds. The highest BCUT2D eigenvalue weighted by Gasteiger charge is 2.21. The van der Waals surface area contributed by atoms with Crippen molar-refractivity contribution < 1.29 is 23.8 Å². The van der Waals surface area contributed by atoms with Gasteiger partial charge < -0.3 is 19.5 Å². The van der Waals surface area contributed by atoms with Crippen LogP contribution in [0.4, 0.5) is 0 Å². The number of ether oxygens (including phenoxy) is 3. The average Bonchev–Trinajstić information content (AvgIpc) is 2.72. The van der Waals surface area contributed by atoms with Crippen LogP contribution in [-0.2, 0) is 20.7 Å². The molecule has 0 heterocycles. The van der Waals surface area contributed by atoms with Crippen molar-refractivity contribution in [1.82, 2.24) is 5.32 Å². The number of benzene rings is 2. The normalized spacial score (nSPS) is 11.7. The van der Waals surface area contributed by atoms with Crippen LogP contribution in [0.3, 0.4) is 0 Å². The standard InChI is InChI=1S/C21H23NO5/c1-25-17-9-4-15(5-10-17)8-13-20(23)22-19(21(24)27-3)14-16-6-11-18(26-2)12-7-16/h4-13,19H,14H2,1-3H3,(H,22,23)/b13-8+/t19-/m0/s1. The molecule has 6 nitrogen and oxygen atoms in total. The van der Waals surface area contributed by atoms with Crippen LogP contribution in [0.2, 0.25) is 0 Å². The van der Waals surface area contributed by atoms with Gasteiger partial charge in [0, 0.05) is 12.5 Å². The van der Waals surface area contributed by atoms with Gasteiger partial charge in [-0.3, -0.25) is 4.79 Å². The Hall–Kier alpha value is -3.28. The van der Waals surface area contributed by atoms with E-state index in [1.165, 1.54) is 13.2 Å². The SMILES string of the molecule is COC(=O)[C@H](Cc1ccc(OC)cc1)NC(=O)/C=C/c1ccc(OC)cc1. The lowest BCUT2D eigenvalue weighted by atomic mass is 10.1. The van der Waals surface area contributed by atoms with Crippen LogP contribution < -0.4 is 14.8 Å². The molecule has 0 fully saturated rings. The second-order valence-corrected chi connectivity index (χ2v) is 5.74. The molecule has 0 saturated heterocycles. The van der Waals surface area contributed by atoms with E-state index in [1.54, 1.807) is 44.6 Å². The Labute approximate surface area is 158 Å². The first-order valence-electron chi connectivity index (χ1n) is 8.39. The van der Waals surface area contributed by atoms with Crippen molar-refractivity contribution in [2.75, 3.05) is 21.3 Å². The zero-order chi connectivity index (χ0) is 19.6. The minimum Gasteiger partial charge on any atom is -0.497 e. The molecule has 0 bridgehead atoms. The molecule has 2 aromatic rings. The fraction of sp³-hybridized carbons (Fsp3) is 0.238. The van der Waals surface area contributed by atoms with E-state index < -0.39 is 12.0 Å². The van der Waals surface area contributed by atoms with Crippen LogP contribution in [0.25, 0.3) is 6.08 Å². The summed E-state index contributed by atoms with van der Waals surface area (Å²) in [7, 11) is 4.47. The highest BCUT2D eigenvalue weighted by atomic mass is 16.5. The molecule has 0 aliphatic rings. The molecule has 0 aliphatic heterocycles. The molecule has 0 radical (unpaired) electrons. The van der Waals surface area contributed by atoms with E-state index in [4.69, 9.17) is 14.2 Å². The van der Waals surface area contributed by atoms with Crippen LogP contribution in [0, 0.1) is 0 Å². The van der Waals surface area contributed by atoms with Crippen LogP contribution in [0.5, 0.6) is 11.5 Å². The van der Waals surface area contributed by atoms with Gasteiger partial charge in [-0.1, -0.05) is 24.3 Å². The van der Waals surface area contributed by atoms with Gasteiger partial charge in [0.1, 0.15) is 17.5 Å². The number of esters is 1. The van der Waals surface area contributed by atoms with Crippen molar-refractivity contribution in [2.24, 2.45) is 0 Å². The number of rotatable bonds is 8. The van der Waals surface area contributed by atoms with Crippen molar-refractivity contribution in [3.63, 3.8) is 0 Å². The van der Waals surface area contributed by atoms with Gasteiger partial charge in [-0.25, -0.2) is 4.79 Å². The van der Waals surface area contributed by atoms with Gasteiger partial charge in [0.25, 0.3) is 0 Å². The van der Waals surface area contributed by atoms with Crippen LogP contribution in [0.1, 0.15) is 11.1 Å². The van der Waals surface area contributed by atoms with E-state index in [0.29, 0.717) is 6.42 Å².